The van der Waals surface area contributed by atoms with Crippen molar-refractivity contribution in [1.29, 1.82) is 0 Å². The summed E-state index contributed by atoms with van der Waals surface area (Å²) >= 11 is 0. The monoisotopic (exact) mass is 320 g/mol. The zero-order chi connectivity index (χ0) is 16.7. The van der Waals surface area contributed by atoms with Crippen molar-refractivity contribution in [1.82, 2.24) is 10.2 Å². The minimum Gasteiger partial charge on any atom is -0.481 e. The predicted molar refractivity (Wildman–Crippen MR) is 90.6 cm³/mol. The predicted octanol–water partition coefficient (Wildman–Crippen LogP) is 1.93. The van der Waals surface area contributed by atoms with Crippen LogP contribution in [0.1, 0.15) is 20.8 Å². The van der Waals surface area contributed by atoms with Gasteiger partial charge in [0.1, 0.15) is 5.75 Å². The van der Waals surface area contributed by atoms with E-state index in [-0.39, 0.29) is 12.0 Å². The van der Waals surface area contributed by atoms with Gasteiger partial charge in [-0.15, -0.1) is 0 Å². The van der Waals surface area contributed by atoms with Crippen molar-refractivity contribution < 1.29 is 14.3 Å². The Morgan fingerprint density at radius 3 is 2.78 bits per heavy atom. The first-order valence-electron chi connectivity index (χ1n) is 8.38. The van der Waals surface area contributed by atoms with Gasteiger partial charge in [-0.3, -0.25) is 9.69 Å². The molecule has 23 heavy (non-hydrogen) atoms. The van der Waals surface area contributed by atoms with E-state index in [4.69, 9.17) is 9.47 Å². The first-order valence-corrected chi connectivity index (χ1v) is 8.38. The summed E-state index contributed by atoms with van der Waals surface area (Å²) in [6.45, 7) is 10.3. The zero-order valence-electron chi connectivity index (χ0n) is 14.3. The molecule has 1 amide bonds. The molecule has 1 aliphatic heterocycles. The van der Waals surface area contributed by atoms with Crippen molar-refractivity contribution in [2.24, 2.45) is 5.92 Å². The Kier molecular flexibility index (Phi) is 6.86. The lowest BCUT2D eigenvalue weighted by molar-refractivity contribution is -0.128. The van der Waals surface area contributed by atoms with Crippen LogP contribution in [-0.2, 0) is 9.53 Å². The van der Waals surface area contributed by atoms with Crippen LogP contribution in [0.25, 0.3) is 0 Å². The molecule has 0 aromatic heterocycles. The summed E-state index contributed by atoms with van der Waals surface area (Å²) in [5, 5.41) is 2.93. The average molecular weight is 320 g/mol. The molecule has 2 atom stereocenters. The number of para-hydroxylation sites is 1. The van der Waals surface area contributed by atoms with Crippen LogP contribution in [0.5, 0.6) is 5.75 Å². The van der Waals surface area contributed by atoms with Crippen molar-refractivity contribution in [3.63, 3.8) is 0 Å². The first-order chi connectivity index (χ1) is 11.0. The van der Waals surface area contributed by atoms with Gasteiger partial charge in [0.05, 0.1) is 12.7 Å². The van der Waals surface area contributed by atoms with Crippen LogP contribution in [0.2, 0.25) is 0 Å². The summed E-state index contributed by atoms with van der Waals surface area (Å²) in [4.78, 5) is 14.5. The van der Waals surface area contributed by atoms with Crippen LogP contribution in [0.3, 0.4) is 0 Å². The van der Waals surface area contributed by atoms with Gasteiger partial charge < -0.3 is 14.8 Å². The molecule has 1 aromatic carbocycles. The molecule has 0 aliphatic carbocycles. The van der Waals surface area contributed by atoms with Gasteiger partial charge in [-0.2, -0.15) is 0 Å². The highest BCUT2D eigenvalue weighted by Gasteiger charge is 2.22. The molecule has 1 aromatic rings. The van der Waals surface area contributed by atoms with Crippen LogP contribution in [0, 0.1) is 5.92 Å². The van der Waals surface area contributed by atoms with Gasteiger partial charge in [-0.25, -0.2) is 0 Å². The lowest BCUT2D eigenvalue weighted by Crippen LogP contribution is -2.49. The van der Waals surface area contributed by atoms with Crippen molar-refractivity contribution in [3.05, 3.63) is 30.3 Å². The maximum atomic E-state index is 12.1. The molecule has 0 bridgehead atoms. The van der Waals surface area contributed by atoms with E-state index >= 15 is 0 Å². The molecular formula is C18H28N2O3. The largest absolute Gasteiger partial charge is 0.481 e. The van der Waals surface area contributed by atoms with E-state index in [9.17, 15) is 4.79 Å². The highest BCUT2D eigenvalue weighted by molar-refractivity contribution is 5.80. The summed E-state index contributed by atoms with van der Waals surface area (Å²) in [5.41, 5.74) is 0. The molecule has 1 saturated heterocycles. The van der Waals surface area contributed by atoms with Gasteiger partial charge >= 0.3 is 0 Å². The second kappa shape index (κ2) is 8.89. The van der Waals surface area contributed by atoms with Gasteiger partial charge in [0.2, 0.25) is 0 Å². The Balaban J connectivity index is 1.73. The lowest BCUT2D eigenvalue weighted by Gasteiger charge is -2.34. The number of carbonyl (C=O) groups is 1. The number of hydrogen-bond donors (Lipinski definition) is 1. The van der Waals surface area contributed by atoms with Crippen LogP contribution in [0.15, 0.2) is 30.3 Å². The Labute approximate surface area is 139 Å². The Bertz CT molecular complexity index is 478. The molecule has 0 radical (unpaired) electrons. The number of hydrogen-bond acceptors (Lipinski definition) is 4. The number of benzene rings is 1. The Hall–Kier alpha value is -1.59. The van der Waals surface area contributed by atoms with E-state index in [1.54, 1.807) is 6.92 Å². The number of rotatable bonds is 7. The van der Waals surface area contributed by atoms with Crippen LogP contribution in [0.4, 0.5) is 0 Å². The van der Waals surface area contributed by atoms with Crippen molar-refractivity contribution in [2.75, 3.05) is 32.8 Å². The van der Waals surface area contributed by atoms with Gasteiger partial charge in [-0.1, -0.05) is 32.0 Å². The molecule has 128 valence electrons. The highest BCUT2D eigenvalue weighted by atomic mass is 16.5. The van der Waals surface area contributed by atoms with Gasteiger partial charge in [0.25, 0.3) is 5.91 Å². The third-order valence-electron chi connectivity index (χ3n) is 3.78. The maximum absolute atomic E-state index is 12.1. The number of ether oxygens (including phenoxy) is 2. The molecular weight excluding hydrogens is 292 g/mol. The van der Waals surface area contributed by atoms with E-state index in [1.807, 2.05) is 30.3 Å². The smallest absolute Gasteiger partial charge is 0.260 e. The number of nitrogens with zero attached hydrogens (tertiary/aromatic N) is 1. The fourth-order valence-electron chi connectivity index (χ4n) is 2.70. The molecule has 0 spiro atoms. The molecule has 0 saturated carbocycles. The molecule has 2 rings (SSSR count). The third-order valence-corrected chi connectivity index (χ3v) is 3.78. The SMILES string of the molecule is CC(C)CN1CCOC(CNC(=O)C(C)Oc2ccccc2)C1. The summed E-state index contributed by atoms with van der Waals surface area (Å²) < 4.78 is 11.4. The van der Waals surface area contributed by atoms with Gasteiger partial charge in [0, 0.05) is 26.2 Å². The van der Waals surface area contributed by atoms with E-state index < -0.39 is 6.10 Å². The van der Waals surface area contributed by atoms with E-state index in [1.165, 1.54) is 0 Å². The summed E-state index contributed by atoms with van der Waals surface area (Å²) in [7, 11) is 0. The molecule has 1 aliphatic rings. The van der Waals surface area contributed by atoms with Crippen molar-refractivity contribution >= 4 is 5.91 Å². The number of nitrogens with one attached hydrogen (secondary N) is 1. The molecule has 1 heterocycles. The maximum Gasteiger partial charge on any atom is 0.260 e. The quantitative estimate of drug-likeness (QED) is 0.834. The Morgan fingerprint density at radius 2 is 2.09 bits per heavy atom. The number of morpholine rings is 1. The van der Waals surface area contributed by atoms with E-state index in [0.29, 0.717) is 18.2 Å². The third kappa shape index (κ3) is 6.20. The second-order valence-electron chi connectivity index (χ2n) is 6.46. The van der Waals surface area contributed by atoms with Gasteiger partial charge in [0.15, 0.2) is 6.10 Å². The summed E-state index contributed by atoms with van der Waals surface area (Å²) in [6.07, 6.45) is -0.469. The topological polar surface area (TPSA) is 50.8 Å². The van der Waals surface area contributed by atoms with E-state index in [2.05, 4.69) is 24.1 Å². The molecule has 1 N–H and O–H groups in total. The normalized spacial score (nSPS) is 20.3. The minimum atomic E-state index is -0.521. The fourth-order valence-corrected chi connectivity index (χ4v) is 2.70. The van der Waals surface area contributed by atoms with Crippen molar-refractivity contribution in [2.45, 2.75) is 33.0 Å². The molecule has 1 fully saturated rings. The fraction of sp³-hybridized carbons (Fsp3) is 0.611. The van der Waals surface area contributed by atoms with E-state index in [0.717, 1.165) is 26.2 Å². The van der Waals surface area contributed by atoms with Crippen LogP contribution in [-0.4, -0.2) is 55.8 Å². The molecule has 2 unspecified atom stereocenters. The summed E-state index contributed by atoms with van der Waals surface area (Å²) in [5.74, 6) is 1.23. The molecule has 5 heteroatoms. The highest BCUT2D eigenvalue weighted by Crippen LogP contribution is 2.11. The van der Waals surface area contributed by atoms with Gasteiger partial charge in [-0.05, 0) is 25.0 Å². The first kappa shape index (κ1) is 17.8. The number of carbonyl (C=O) groups excluding carboxylic acids is 1. The average Bonchev–Trinajstić information content (AvgIpc) is 2.53. The minimum absolute atomic E-state index is 0.0513. The Morgan fingerprint density at radius 1 is 1.35 bits per heavy atom. The zero-order valence-corrected chi connectivity index (χ0v) is 14.3. The molecule has 5 nitrogen and oxygen atoms in total. The lowest BCUT2D eigenvalue weighted by atomic mass is 10.2. The summed E-state index contributed by atoms with van der Waals surface area (Å²) in [6, 6.07) is 9.38. The van der Waals surface area contributed by atoms with Crippen LogP contribution >= 0.6 is 0 Å². The standard InChI is InChI=1S/C18H28N2O3/c1-14(2)12-20-9-10-22-17(13-20)11-19-18(21)15(3)23-16-7-5-4-6-8-16/h4-8,14-15,17H,9-13H2,1-3H3,(H,19,21). The van der Waals surface area contributed by atoms with Crippen molar-refractivity contribution in [3.8, 4) is 5.75 Å². The number of amides is 1. The second-order valence-corrected chi connectivity index (χ2v) is 6.46. The van der Waals surface area contributed by atoms with Crippen LogP contribution < -0.4 is 10.1 Å².